The largest absolute Gasteiger partial charge is 0.357 e. The van der Waals surface area contributed by atoms with Crippen LogP contribution in [-0.2, 0) is 0 Å². The lowest BCUT2D eigenvalue weighted by atomic mass is 9.82. The van der Waals surface area contributed by atoms with Gasteiger partial charge >= 0.3 is 0 Å². The third-order valence-corrected chi connectivity index (χ3v) is 4.11. The standard InChI is InChI=1S/C14H29N3S/c1-4-15-14(16-8-9-18-3)17-11-13-7-5-6-12(2)10-13/h12-13H,4-11H2,1-3H3,(H2,15,16,17). The number of thioether (sulfide) groups is 1. The average Bonchev–Trinajstić information content (AvgIpc) is 2.36. The zero-order chi connectivity index (χ0) is 13.2. The lowest BCUT2D eigenvalue weighted by Crippen LogP contribution is -2.38. The normalized spacial score (nSPS) is 24.9. The molecule has 2 unspecified atom stereocenters. The van der Waals surface area contributed by atoms with Crippen LogP contribution in [0, 0.1) is 11.8 Å². The van der Waals surface area contributed by atoms with Crippen LogP contribution in [0.2, 0.25) is 0 Å². The van der Waals surface area contributed by atoms with Crippen molar-refractivity contribution in [2.24, 2.45) is 16.8 Å². The fourth-order valence-electron chi connectivity index (χ4n) is 2.56. The Balaban J connectivity index is 2.33. The molecule has 0 heterocycles. The highest BCUT2D eigenvalue weighted by atomic mass is 32.2. The minimum Gasteiger partial charge on any atom is -0.357 e. The Morgan fingerprint density at radius 1 is 1.33 bits per heavy atom. The van der Waals surface area contributed by atoms with Crippen LogP contribution in [0.5, 0.6) is 0 Å². The maximum absolute atomic E-state index is 4.73. The highest BCUT2D eigenvalue weighted by Gasteiger charge is 2.18. The van der Waals surface area contributed by atoms with Crippen LogP contribution in [0.1, 0.15) is 39.5 Å². The summed E-state index contributed by atoms with van der Waals surface area (Å²) in [6.45, 7) is 7.41. The highest BCUT2D eigenvalue weighted by Crippen LogP contribution is 2.28. The fraction of sp³-hybridized carbons (Fsp3) is 0.929. The molecule has 4 heteroatoms. The Labute approximate surface area is 117 Å². The quantitative estimate of drug-likeness (QED) is 0.443. The fourth-order valence-corrected chi connectivity index (χ4v) is 2.87. The van der Waals surface area contributed by atoms with E-state index in [0.29, 0.717) is 0 Å². The highest BCUT2D eigenvalue weighted by molar-refractivity contribution is 7.98. The molecule has 0 bridgehead atoms. The smallest absolute Gasteiger partial charge is 0.191 e. The van der Waals surface area contributed by atoms with Crippen molar-refractivity contribution in [3.05, 3.63) is 0 Å². The van der Waals surface area contributed by atoms with Gasteiger partial charge < -0.3 is 10.6 Å². The van der Waals surface area contributed by atoms with Crippen molar-refractivity contribution in [3.63, 3.8) is 0 Å². The van der Waals surface area contributed by atoms with Crippen LogP contribution in [0.4, 0.5) is 0 Å². The molecule has 0 amide bonds. The molecule has 18 heavy (non-hydrogen) atoms. The predicted octanol–water partition coefficient (Wildman–Crippen LogP) is 2.73. The van der Waals surface area contributed by atoms with E-state index >= 15 is 0 Å². The molecule has 1 aliphatic carbocycles. The topological polar surface area (TPSA) is 36.4 Å². The first-order chi connectivity index (χ1) is 8.76. The van der Waals surface area contributed by atoms with Gasteiger partial charge in [0.25, 0.3) is 0 Å². The number of aliphatic imine (C=N–C) groups is 1. The molecule has 0 aromatic rings. The number of nitrogens with one attached hydrogen (secondary N) is 2. The summed E-state index contributed by atoms with van der Waals surface area (Å²) in [6.07, 6.45) is 7.64. The molecule has 0 radical (unpaired) electrons. The number of hydrogen-bond acceptors (Lipinski definition) is 2. The first-order valence-corrected chi connectivity index (χ1v) is 8.66. The Morgan fingerprint density at radius 3 is 2.83 bits per heavy atom. The van der Waals surface area contributed by atoms with E-state index < -0.39 is 0 Å². The lowest BCUT2D eigenvalue weighted by molar-refractivity contribution is 0.289. The Kier molecular flexibility index (Phi) is 8.31. The van der Waals surface area contributed by atoms with E-state index in [0.717, 1.165) is 43.2 Å². The Bertz CT molecular complexity index is 243. The molecule has 0 aliphatic heterocycles. The van der Waals surface area contributed by atoms with Gasteiger partial charge in [-0.1, -0.05) is 19.8 Å². The summed E-state index contributed by atoms with van der Waals surface area (Å²) >= 11 is 1.86. The van der Waals surface area contributed by atoms with Gasteiger partial charge in [0.15, 0.2) is 5.96 Å². The Hall–Kier alpha value is -0.380. The van der Waals surface area contributed by atoms with Crippen LogP contribution in [0.25, 0.3) is 0 Å². The van der Waals surface area contributed by atoms with Gasteiger partial charge in [-0.05, 0) is 37.9 Å². The summed E-state index contributed by atoms with van der Waals surface area (Å²) in [6, 6.07) is 0. The number of guanidine groups is 1. The van der Waals surface area contributed by atoms with Crippen LogP contribution >= 0.6 is 11.8 Å². The summed E-state index contributed by atoms with van der Waals surface area (Å²) in [5, 5.41) is 6.71. The summed E-state index contributed by atoms with van der Waals surface area (Å²) in [4.78, 5) is 4.73. The van der Waals surface area contributed by atoms with Crippen LogP contribution in [-0.4, -0.2) is 37.6 Å². The maximum Gasteiger partial charge on any atom is 0.191 e. The van der Waals surface area contributed by atoms with E-state index in [2.05, 4.69) is 30.7 Å². The van der Waals surface area contributed by atoms with Crippen molar-refractivity contribution in [3.8, 4) is 0 Å². The van der Waals surface area contributed by atoms with Gasteiger partial charge in [0.05, 0.1) is 0 Å². The van der Waals surface area contributed by atoms with E-state index in [1.807, 2.05) is 11.8 Å². The first-order valence-electron chi connectivity index (χ1n) is 7.27. The molecule has 0 saturated heterocycles. The Morgan fingerprint density at radius 2 is 2.17 bits per heavy atom. The van der Waals surface area contributed by atoms with Gasteiger partial charge in [-0.15, -0.1) is 0 Å². The molecule has 106 valence electrons. The second-order valence-electron chi connectivity index (χ2n) is 5.28. The zero-order valence-electron chi connectivity index (χ0n) is 12.2. The van der Waals surface area contributed by atoms with E-state index in [1.165, 1.54) is 25.7 Å². The average molecular weight is 271 g/mol. The zero-order valence-corrected chi connectivity index (χ0v) is 13.0. The van der Waals surface area contributed by atoms with Crippen LogP contribution < -0.4 is 10.6 Å². The number of hydrogen-bond donors (Lipinski definition) is 2. The summed E-state index contributed by atoms with van der Waals surface area (Å²) in [5.74, 6) is 3.81. The molecule has 1 aliphatic rings. The van der Waals surface area contributed by atoms with Crippen LogP contribution in [0.15, 0.2) is 4.99 Å². The molecule has 0 spiro atoms. The van der Waals surface area contributed by atoms with Crippen molar-refractivity contribution >= 4 is 17.7 Å². The van der Waals surface area contributed by atoms with E-state index in [4.69, 9.17) is 4.99 Å². The molecular weight excluding hydrogens is 242 g/mol. The van der Waals surface area contributed by atoms with Gasteiger partial charge in [-0.3, -0.25) is 4.99 Å². The predicted molar refractivity (Wildman–Crippen MR) is 83.5 cm³/mol. The summed E-state index contributed by atoms with van der Waals surface area (Å²) in [7, 11) is 0. The number of nitrogens with zero attached hydrogens (tertiary/aromatic N) is 1. The molecule has 2 atom stereocenters. The summed E-state index contributed by atoms with van der Waals surface area (Å²) < 4.78 is 0. The molecule has 0 aromatic heterocycles. The second kappa shape index (κ2) is 9.54. The molecule has 0 aromatic carbocycles. The van der Waals surface area contributed by atoms with Crippen molar-refractivity contribution in [2.75, 3.05) is 31.6 Å². The molecule has 1 fully saturated rings. The van der Waals surface area contributed by atoms with E-state index in [9.17, 15) is 0 Å². The molecule has 2 N–H and O–H groups in total. The van der Waals surface area contributed by atoms with Crippen molar-refractivity contribution in [1.29, 1.82) is 0 Å². The lowest BCUT2D eigenvalue weighted by Gasteiger charge is -2.25. The van der Waals surface area contributed by atoms with Gasteiger partial charge in [-0.2, -0.15) is 11.8 Å². The third-order valence-electron chi connectivity index (χ3n) is 3.50. The van der Waals surface area contributed by atoms with Crippen molar-refractivity contribution in [1.82, 2.24) is 10.6 Å². The molecule has 3 nitrogen and oxygen atoms in total. The third kappa shape index (κ3) is 6.53. The SMILES string of the molecule is CCNC(=NCC1CCCC(C)C1)NCCSC. The van der Waals surface area contributed by atoms with Crippen molar-refractivity contribution in [2.45, 2.75) is 39.5 Å². The molecule has 1 rings (SSSR count). The molecule has 1 saturated carbocycles. The van der Waals surface area contributed by atoms with Gasteiger partial charge in [-0.25, -0.2) is 0 Å². The monoisotopic (exact) mass is 271 g/mol. The van der Waals surface area contributed by atoms with Crippen LogP contribution in [0.3, 0.4) is 0 Å². The van der Waals surface area contributed by atoms with E-state index in [1.54, 1.807) is 0 Å². The van der Waals surface area contributed by atoms with Gasteiger partial charge in [0, 0.05) is 25.4 Å². The summed E-state index contributed by atoms with van der Waals surface area (Å²) in [5.41, 5.74) is 0. The van der Waals surface area contributed by atoms with Gasteiger partial charge in [0.1, 0.15) is 0 Å². The first kappa shape index (κ1) is 15.7. The molecular formula is C14H29N3S. The maximum atomic E-state index is 4.73. The second-order valence-corrected chi connectivity index (χ2v) is 6.26. The minimum absolute atomic E-state index is 0.796. The van der Waals surface area contributed by atoms with Crippen molar-refractivity contribution < 1.29 is 0 Å². The van der Waals surface area contributed by atoms with E-state index in [-0.39, 0.29) is 0 Å². The minimum atomic E-state index is 0.796. The van der Waals surface area contributed by atoms with Gasteiger partial charge in [0.2, 0.25) is 0 Å². The number of rotatable bonds is 6.